The molecule has 1 heterocycles. The lowest BCUT2D eigenvalue weighted by atomic mass is 10.1. The first kappa shape index (κ1) is 15.3. The van der Waals surface area contributed by atoms with Crippen LogP contribution in [-0.4, -0.2) is 22.9 Å². The van der Waals surface area contributed by atoms with Gasteiger partial charge in [-0.2, -0.15) is 5.10 Å². The highest BCUT2D eigenvalue weighted by Crippen LogP contribution is 2.08. The van der Waals surface area contributed by atoms with Crippen LogP contribution in [0.1, 0.15) is 34.1 Å². The Morgan fingerprint density at radius 3 is 2.62 bits per heavy atom. The smallest absolute Gasteiger partial charge is 0.337 e. The molecule has 5 nitrogen and oxygen atoms in total. The van der Waals surface area contributed by atoms with E-state index in [2.05, 4.69) is 22.1 Å². The summed E-state index contributed by atoms with van der Waals surface area (Å²) in [6, 6.07) is 7.43. The standard InChI is InChI=1S/C16H21N3O2/c1-4-15-14(11-19(2)18-15)10-17-9-12-5-7-13(8-6-12)16(20)21-3/h5-8,11,17H,4,9-10H2,1-3H3. The number of hydrogen-bond acceptors (Lipinski definition) is 4. The van der Waals surface area contributed by atoms with Gasteiger partial charge in [0, 0.05) is 31.9 Å². The second kappa shape index (κ2) is 7.04. The monoisotopic (exact) mass is 287 g/mol. The molecule has 0 spiro atoms. The van der Waals surface area contributed by atoms with Crippen LogP contribution in [0.4, 0.5) is 0 Å². The van der Waals surface area contributed by atoms with Crippen molar-refractivity contribution in [2.75, 3.05) is 7.11 Å². The van der Waals surface area contributed by atoms with Crippen molar-refractivity contribution in [2.45, 2.75) is 26.4 Å². The van der Waals surface area contributed by atoms with Gasteiger partial charge in [-0.25, -0.2) is 4.79 Å². The van der Waals surface area contributed by atoms with Gasteiger partial charge >= 0.3 is 5.97 Å². The van der Waals surface area contributed by atoms with Gasteiger partial charge in [-0.1, -0.05) is 19.1 Å². The second-order valence-corrected chi connectivity index (χ2v) is 4.92. The summed E-state index contributed by atoms with van der Waals surface area (Å²) in [5, 5.41) is 7.82. The topological polar surface area (TPSA) is 56.2 Å². The number of nitrogens with one attached hydrogen (secondary N) is 1. The maximum absolute atomic E-state index is 11.3. The van der Waals surface area contributed by atoms with Crippen LogP contribution in [0.3, 0.4) is 0 Å². The van der Waals surface area contributed by atoms with Crippen LogP contribution in [0, 0.1) is 0 Å². The molecular formula is C16H21N3O2. The van der Waals surface area contributed by atoms with E-state index >= 15 is 0 Å². The van der Waals surface area contributed by atoms with Gasteiger partial charge in [0.1, 0.15) is 0 Å². The molecule has 5 heteroatoms. The first-order valence-corrected chi connectivity index (χ1v) is 7.03. The number of esters is 1. The van der Waals surface area contributed by atoms with Crippen molar-refractivity contribution in [3.8, 4) is 0 Å². The van der Waals surface area contributed by atoms with E-state index in [1.165, 1.54) is 12.7 Å². The molecule has 0 fully saturated rings. The summed E-state index contributed by atoms with van der Waals surface area (Å²) in [5.41, 5.74) is 4.06. The molecule has 21 heavy (non-hydrogen) atoms. The molecular weight excluding hydrogens is 266 g/mol. The van der Waals surface area contributed by atoms with E-state index in [0.717, 1.165) is 30.8 Å². The van der Waals surface area contributed by atoms with Crippen molar-refractivity contribution >= 4 is 5.97 Å². The van der Waals surface area contributed by atoms with Crippen LogP contribution >= 0.6 is 0 Å². The lowest BCUT2D eigenvalue weighted by Crippen LogP contribution is -2.13. The third-order valence-electron chi connectivity index (χ3n) is 3.35. The normalized spacial score (nSPS) is 10.6. The maximum atomic E-state index is 11.3. The Bertz CT molecular complexity index is 602. The molecule has 0 atom stereocenters. The minimum atomic E-state index is -0.308. The first-order valence-electron chi connectivity index (χ1n) is 7.03. The number of carbonyl (C=O) groups is 1. The summed E-state index contributed by atoms with van der Waals surface area (Å²) in [7, 11) is 3.32. The van der Waals surface area contributed by atoms with Crippen LogP contribution < -0.4 is 5.32 Å². The zero-order chi connectivity index (χ0) is 15.2. The van der Waals surface area contributed by atoms with Crippen molar-refractivity contribution in [3.05, 3.63) is 52.8 Å². The maximum Gasteiger partial charge on any atom is 0.337 e. The zero-order valence-corrected chi connectivity index (χ0v) is 12.7. The number of ether oxygens (including phenoxy) is 1. The number of methoxy groups -OCH3 is 1. The van der Waals surface area contributed by atoms with E-state index in [1.807, 2.05) is 30.1 Å². The molecule has 2 aromatic rings. The highest BCUT2D eigenvalue weighted by atomic mass is 16.5. The van der Waals surface area contributed by atoms with Gasteiger partial charge in [-0.05, 0) is 24.1 Å². The average molecular weight is 287 g/mol. The van der Waals surface area contributed by atoms with Gasteiger partial charge in [0.25, 0.3) is 0 Å². The molecule has 0 unspecified atom stereocenters. The third-order valence-corrected chi connectivity index (χ3v) is 3.35. The molecule has 1 aromatic heterocycles. The molecule has 0 aliphatic heterocycles. The number of benzene rings is 1. The van der Waals surface area contributed by atoms with Gasteiger partial charge in [0.05, 0.1) is 18.4 Å². The first-order chi connectivity index (χ1) is 10.1. The van der Waals surface area contributed by atoms with E-state index < -0.39 is 0 Å². The van der Waals surface area contributed by atoms with Crippen molar-refractivity contribution in [1.29, 1.82) is 0 Å². The van der Waals surface area contributed by atoms with E-state index in [0.29, 0.717) is 5.56 Å². The van der Waals surface area contributed by atoms with Crippen LogP contribution in [-0.2, 0) is 31.3 Å². The molecule has 112 valence electrons. The summed E-state index contributed by atoms with van der Waals surface area (Å²) in [4.78, 5) is 11.3. The van der Waals surface area contributed by atoms with Crippen LogP contribution in [0.2, 0.25) is 0 Å². The Morgan fingerprint density at radius 1 is 1.29 bits per heavy atom. The Kier molecular flexibility index (Phi) is 5.11. The molecule has 0 aliphatic rings. The summed E-state index contributed by atoms with van der Waals surface area (Å²) in [5.74, 6) is -0.308. The van der Waals surface area contributed by atoms with Gasteiger partial charge in [0.15, 0.2) is 0 Å². The lowest BCUT2D eigenvalue weighted by molar-refractivity contribution is 0.0600. The number of nitrogens with zero attached hydrogens (tertiary/aromatic N) is 2. The predicted octanol–water partition coefficient (Wildman–Crippen LogP) is 2.06. The number of carbonyl (C=O) groups excluding carboxylic acids is 1. The van der Waals surface area contributed by atoms with Crippen LogP contribution in [0.15, 0.2) is 30.5 Å². The van der Waals surface area contributed by atoms with E-state index in [1.54, 1.807) is 12.1 Å². The molecule has 0 aliphatic carbocycles. The highest BCUT2D eigenvalue weighted by Gasteiger charge is 2.06. The Hall–Kier alpha value is -2.14. The van der Waals surface area contributed by atoms with Gasteiger partial charge < -0.3 is 10.1 Å². The molecule has 0 amide bonds. The van der Waals surface area contributed by atoms with Gasteiger partial charge in [-0.3, -0.25) is 4.68 Å². The van der Waals surface area contributed by atoms with Crippen molar-refractivity contribution in [3.63, 3.8) is 0 Å². The number of hydrogen-bond donors (Lipinski definition) is 1. The molecule has 0 radical (unpaired) electrons. The fourth-order valence-electron chi connectivity index (χ4n) is 2.25. The minimum Gasteiger partial charge on any atom is -0.465 e. The fraction of sp³-hybridized carbons (Fsp3) is 0.375. The number of aromatic nitrogens is 2. The highest BCUT2D eigenvalue weighted by molar-refractivity contribution is 5.89. The molecule has 0 bridgehead atoms. The van der Waals surface area contributed by atoms with E-state index in [-0.39, 0.29) is 5.97 Å². The Labute approximate surface area is 124 Å². The van der Waals surface area contributed by atoms with E-state index in [9.17, 15) is 4.79 Å². The average Bonchev–Trinajstić information content (AvgIpc) is 2.87. The molecule has 1 aromatic carbocycles. The summed E-state index contributed by atoms with van der Waals surface area (Å²) >= 11 is 0. The Balaban J connectivity index is 1.90. The lowest BCUT2D eigenvalue weighted by Gasteiger charge is -2.06. The number of rotatable bonds is 6. The van der Waals surface area contributed by atoms with Gasteiger partial charge in [-0.15, -0.1) is 0 Å². The largest absolute Gasteiger partial charge is 0.465 e. The second-order valence-electron chi connectivity index (χ2n) is 4.92. The predicted molar refractivity (Wildman–Crippen MR) is 80.9 cm³/mol. The van der Waals surface area contributed by atoms with Crippen molar-refractivity contribution in [2.24, 2.45) is 7.05 Å². The van der Waals surface area contributed by atoms with Crippen molar-refractivity contribution < 1.29 is 9.53 Å². The molecule has 0 saturated carbocycles. The van der Waals surface area contributed by atoms with Crippen molar-refractivity contribution in [1.82, 2.24) is 15.1 Å². The molecule has 2 rings (SSSR count). The van der Waals surface area contributed by atoms with Crippen LogP contribution in [0.5, 0.6) is 0 Å². The SMILES string of the molecule is CCc1nn(C)cc1CNCc1ccc(C(=O)OC)cc1. The fourth-order valence-corrected chi connectivity index (χ4v) is 2.25. The molecule has 1 N–H and O–H groups in total. The summed E-state index contributed by atoms with van der Waals surface area (Å²) in [6.07, 6.45) is 2.98. The summed E-state index contributed by atoms with van der Waals surface area (Å²) < 4.78 is 6.53. The van der Waals surface area contributed by atoms with E-state index in [4.69, 9.17) is 0 Å². The minimum absolute atomic E-state index is 0.308. The summed E-state index contributed by atoms with van der Waals surface area (Å²) in [6.45, 7) is 3.65. The quantitative estimate of drug-likeness (QED) is 0.826. The Morgan fingerprint density at radius 2 is 2.00 bits per heavy atom. The van der Waals surface area contributed by atoms with Gasteiger partial charge in [0.2, 0.25) is 0 Å². The third kappa shape index (κ3) is 3.92. The number of aryl methyl sites for hydroxylation is 2. The van der Waals surface area contributed by atoms with Crippen LogP contribution in [0.25, 0.3) is 0 Å². The zero-order valence-electron chi connectivity index (χ0n) is 12.7. The molecule has 0 saturated heterocycles.